The first-order valence-electron chi connectivity index (χ1n) is 8.94. The summed E-state index contributed by atoms with van der Waals surface area (Å²) in [4.78, 5) is 23.1. The Morgan fingerprint density at radius 2 is 1.85 bits per heavy atom. The van der Waals surface area contributed by atoms with E-state index in [1.165, 1.54) is 6.07 Å². The second kappa shape index (κ2) is 8.66. The molecule has 2 aromatic carbocycles. The molecule has 0 aliphatic heterocycles. The number of carbonyl (C=O) groups excluding carboxylic acids is 1. The van der Waals surface area contributed by atoms with Gasteiger partial charge in [-0.05, 0) is 48.6 Å². The smallest absolute Gasteiger partial charge is 0.273 e. The molecule has 0 spiro atoms. The Hall–Kier alpha value is -2.89. The number of rotatable bonds is 7. The van der Waals surface area contributed by atoms with Gasteiger partial charge in [-0.1, -0.05) is 32.0 Å². The molecule has 0 fully saturated rings. The van der Waals surface area contributed by atoms with E-state index in [2.05, 4.69) is 25.2 Å². The van der Waals surface area contributed by atoms with Crippen molar-refractivity contribution in [3.63, 3.8) is 0 Å². The van der Waals surface area contributed by atoms with Crippen LogP contribution in [0.3, 0.4) is 0 Å². The van der Waals surface area contributed by atoms with Crippen LogP contribution < -0.4 is 10.1 Å². The molecular weight excluding hydrogens is 344 g/mol. The number of nitrogens with zero attached hydrogens (tertiary/aromatic N) is 1. The van der Waals surface area contributed by atoms with Crippen LogP contribution in [0.4, 0.5) is 5.69 Å². The zero-order valence-electron chi connectivity index (χ0n) is 16.4. The third-order valence-corrected chi connectivity index (χ3v) is 4.62. The molecule has 1 N–H and O–H groups in total. The van der Waals surface area contributed by atoms with E-state index in [4.69, 9.17) is 4.74 Å². The van der Waals surface area contributed by atoms with Gasteiger partial charge in [0.05, 0.1) is 24.5 Å². The van der Waals surface area contributed by atoms with E-state index in [0.29, 0.717) is 5.56 Å². The minimum Gasteiger partial charge on any atom is -0.496 e. The van der Waals surface area contributed by atoms with Crippen molar-refractivity contribution in [2.75, 3.05) is 7.11 Å². The number of amides is 1. The van der Waals surface area contributed by atoms with Crippen LogP contribution >= 0.6 is 0 Å². The third-order valence-electron chi connectivity index (χ3n) is 4.62. The molecule has 144 valence electrons. The number of carbonyl (C=O) groups is 1. The van der Waals surface area contributed by atoms with Gasteiger partial charge in [-0.25, -0.2) is 0 Å². The number of nitro groups is 1. The van der Waals surface area contributed by atoms with E-state index >= 15 is 0 Å². The van der Waals surface area contributed by atoms with Gasteiger partial charge >= 0.3 is 0 Å². The second-order valence-corrected chi connectivity index (χ2v) is 6.96. The first-order chi connectivity index (χ1) is 12.7. The Labute approximate surface area is 159 Å². The molecule has 0 bridgehead atoms. The fraction of sp³-hybridized carbons (Fsp3) is 0.381. The van der Waals surface area contributed by atoms with Crippen LogP contribution in [0.5, 0.6) is 5.75 Å². The molecule has 0 unspecified atom stereocenters. The van der Waals surface area contributed by atoms with Crippen molar-refractivity contribution in [3.8, 4) is 5.75 Å². The highest BCUT2D eigenvalue weighted by atomic mass is 16.6. The molecule has 0 heterocycles. The van der Waals surface area contributed by atoms with Crippen molar-refractivity contribution in [2.45, 2.75) is 46.1 Å². The Bertz CT molecular complexity index is 846. The highest BCUT2D eigenvalue weighted by molar-refractivity contribution is 5.80. The van der Waals surface area contributed by atoms with Crippen LogP contribution in [0.15, 0.2) is 36.4 Å². The molecule has 6 nitrogen and oxygen atoms in total. The lowest BCUT2D eigenvalue weighted by atomic mass is 9.93. The van der Waals surface area contributed by atoms with E-state index in [0.717, 1.165) is 22.4 Å². The number of para-hydroxylation sites is 1. The highest BCUT2D eigenvalue weighted by Crippen LogP contribution is 2.32. The second-order valence-electron chi connectivity index (χ2n) is 6.96. The summed E-state index contributed by atoms with van der Waals surface area (Å²) in [6.45, 7) is 8.08. The predicted octanol–water partition coefficient (Wildman–Crippen LogP) is 4.46. The van der Waals surface area contributed by atoms with E-state index < -0.39 is 4.92 Å². The molecule has 0 saturated heterocycles. The van der Waals surface area contributed by atoms with Crippen molar-refractivity contribution < 1.29 is 14.5 Å². The van der Waals surface area contributed by atoms with Gasteiger partial charge in [0.1, 0.15) is 5.75 Å². The lowest BCUT2D eigenvalue weighted by Gasteiger charge is -2.21. The van der Waals surface area contributed by atoms with Gasteiger partial charge in [-0.3, -0.25) is 14.9 Å². The summed E-state index contributed by atoms with van der Waals surface area (Å²) in [5.74, 6) is 0.872. The summed E-state index contributed by atoms with van der Waals surface area (Å²) in [6, 6.07) is 10.1. The summed E-state index contributed by atoms with van der Waals surface area (Å²) < 4.78 is 5.47. The fourth-order valence-electron chi connectivity index (χ4n) is 3.19. The number of hydrogen-bond acceptors (Lipinski definition) is 4. The van der Waals surface area contributed by atoms with Crippen LogP contribution in [0.2, 0.25) is 0 Å². The van der Waals surface area contributed by atoms with Gasteiger partial charge in [-0.2, -0.15) is 0 Å². The Morgan fingerprint density at radius 3 is 2.44 bits per heavy atom. The zero-order chi connectivity index (χ0) is 20.1. The van der Waals surface area contributed by atoms with Crippen LogP contribution in [-0.4, -0.2) is 17.9 Å². The summed E-state index contributed by atoms with van der Waals surface area (Å²) >= 11 is 0. The summed E-state index contributed by atoms with van der Waals surface area (Å²) in [5.41, 5.74) is 3.48. The average Bonchev–Trinajstić information content (AvgIpc) is 2.61. The number of aryl methyl sites for hydroxylation is 1. The Balaban J connectivity index is 2.20. The first-order valence-corrected chi connectivity index (χ1v) is 8.94. The van der Waals surface area contributed by atoms with Crippen LogP contribution in [0.25, 0.3) is 0 Å². The SMILES string of the molecule is COc1cc(C)c([C@@H](C)NC(=O)Cc2ccccc2[N+](=O)[O-])cc1C(C)C. The number of hydrogen-bond donors (Lipinski definition) is 1. The monoisotopic (exact) mass is 370 g/mol. The van der Waals surface area contributed by atoms with E-state index in [1.807, 2.05) is 19.9 Å². The van der Waals surface area contributed by atoms with Gasteiger partial charge in [0.25, 0.3) is 5.69 Å². The van der Waals surface area contributed by atoms with Gasteiger partial charge in [-0.15, -0.1) is 0 Å². The molecule has 2 rings (SSSR count). The molecule has 0 aliphatic rings. The molecule has 1 atom stereocenters. The maximum atomic E-state index is 12.5. The minimum atomic E-state index is -0.464. The largest absolute Gasteiger partial charge is 0.496 e. The molecular formula is C21H26N2O4. The number of nitrogens with one attached hydrogen (secondary N) is 1. The fourth-order valence-corrected chi connectivity index (χ4v) is 3.19. The summed E-state index contributed by atoms with van der Waals surface area (Å²) in [7, 11) is 1.65. The topological polar surface area (TPSA) is 81.5 Å². The number of nitro benzene ring substituents is 1. The van der Waals surface area contributed by atoms with E-state index in [9.17, 15) is 14.9 Å². The zero-order valence-corrected chi connectivity index (χ0v) is 16.4. The molecule has 6 heteroatoms. The van der Waals surface area contributed by atoms with Crippen molar-refractivity contribution in [3.05, 3.63) is 68.8 Å². The number of ether oxygens (including phenoxy) is 1. The first kappa shape index (κ1) is 20.4. The quantitative estimate of drug-likeness (QED) is 0.576. The van der Waals surface area contributed by atoms with Crippen molar-refractivity contribution in [2.24, 2.45) is 0 Å². The maximum Gasteiger partial charge on any atom is 0.273 e. The van der Waals surface area contributed by atoms with Gasteiger partial charge < -0.3 is 10.1 Å². The highest BCUT2D eigenvalue weighted by Gasteiger charge is 2.19. The molecule has 0 aromatic heterocycles. The standard InChI is InChI=1S/C21H26N2O4/c1-13(2)17-12-18(14(3)10-20(17)27-5)15(4)22-21(24)11-16-8-6-7-9-19(16)23(25)26/h6-10,12-13,15H,11H2,1-5H3,(H,22,24)/t15-/m1/s1. The molecule has 0 aliphatic carbocycles. The van der Waals surface area contributed by atoms with Gasteiger partial charge in [0.15, 0.2) is 0 Å². The van der Waals surface area contributed by atoms with Crippen LogP contribution in [0.1, 0.15) is 55.0 Å². The van der Waals surface area contributed by atoms with Crippen molar-refractivity contribution in [1.82, 2.24) is 5.32 Å². The van der Waals surface area contributed by atoms with E-state index in [-0.39, 0.29) is 30.0 Å². The lowest BCUT2D eigenvalue weighted by molar-refractivity contribution is -0.385. The molecule has 0 saturated carbocycles. The minimum absolute atomic E-state index is 0.0340. The average molecular weight is 370 g/mol. The van der Waals surface area contributed by atoms with Gasteiger partial charge in [0.2, 0.25) is 5.91 Å². The number of methoxy groups -OCH3 is 1. The molecule has 27 heavy (non-hydrogen) atoms. The number of benzene rings is 2. The maximum absolute atomic E-state index is 12.5. The third kappa shape index (κ3) is 4.84. The molecule has 2 aromatic rings. The lowest BCUT2D eigenvalue weighted by Crippen LogP contribution is -2.29. The van der Waals surface area contributed by atoms with Crippen LogP contribution in [-0.2, 0) is 11.2 Å². The van der Waals surface area contributed by atoms with Crippen molar-refractivity contribution >= 4 is 11.6 Å². The molecule has 0 radical (unpaired) electrons. The summed E-state index contributed by atoms with van der Waals surface area (Å²) in [5, 5.41) is 14.1. The Kier molecular flexibility index (Phi) is 6.55. The van der Waals surface area contributed by atoms with Crippen LogP contribution in [0, 0.1) is 17.0 Å². The molecule has 1 amide bonds. The van der Waals surface area contributed by atoms with Crippen molar-refractivity contribution in [1.29, 1.82) is 0 Å². The summed E-state index contributed by atoms with van der Waals surface area (Å²) in [6.07, 6.45) is -0.0340. The van der Waals surface area contributed by atoms with E-state index in [1.54, 1.807) is 25.3 Å². The normalized spacial score (nSPS) is 11.9. The Morgan fingerprint density at radius 1 is 1.19 bits per heavy atom. The van der Waals surface area contributed by atoms with Gasteiger partial charge in [0, 0.05) is 11.6 Å². The predicted molar refractivity (Wildman–Crippen MR) is 105 cm³/mol.